The van der Waals surface area contributed by atoms with Crippen molar-refractivity contribution in [2.75, 3.05) is 0 Å². The zero-order chi connectivity index (χ0) is 12.7. The van der Waals surface area contributed by atoms with Gasteiger partial charge in [-0.1, -0.05) is 5.16 Å². The van der Waals surface area contributed by atoms with Gasteiger partial charge in [0.05, 0.1) is 0 Å². The first kappa shape index (κ1) is 11.2. The molecule has 2 aromatic heterocycles. The number of fused-ring (bicyclic) bond motifs is 2. The summed E-state index contributed by atoms with van der Waals surface area (Å²) < 4.78 is 5.34. The molecule has 0 aromatic carbocycles. The van der Waals surface area contributed by atoms with Crippen molar-refractivity contribution < 1.29 is 4.52 Å². The summed E-state index contributed by atoms with van der Waals surface area (Å²) in [7, 11) is 0. The van der Waals surface area contributed by atoms with Crippen LogP contribution in [0.15, 0.2) is 16.9 Å². The molecule has 2 unspecified atom stereocenters. The van der Waals surface area contributed by atoms with Crippen LogP contribution in [0.5, 0.6) is 0 Å². The summed E-state index contributed by atoms with van der Waals surface area (Å²) >= 11 is 0. The predicted molar refractivity (Wildman–Crippen MR) is 68.3 cm³/mol. The number of nitrogens with zero attached hydrogens (tertiary/aromatic N) is 3. The standard InChI is InChI=1S/C13H17N5O/c1-2-10-6-8(5-9(1)16-10)7-11-17-13(18-19-11)12-14-3-4-15-12/h3-4,8-10,16H,1-2,5-7H2,(H,14,15). The van der Waals surface area contributed by atoms with Gasteiger partial charge in [0.25, 0.3) is 0 Å². The van der Waals surface area contributed by atoms with E-state index in [1.165, 1.54) is 25.7 Å². The van der Waals surface area contributed by atoms with E-state index in [4.69, 9.17) is 4.52 Å². The molecule has 6 nitrogen and oxygen atoms in total. The van der Waals surface area contributed by atoms with Crippen LogP contribution in [0.3, 0.4) is 0 Å². The fourth-order valence-corrected chi connectivity index (χ4v) is 3.41. The highest BCUT2D eigenvalue weighted by Gasteiger charge is 2.34. The molecule has 0 aliphatic carbocycles. The van der Waals surface area contributed by atoms with Crippen molar-refractivity contribution in [3.8, 4) is 11.6 Å². The number of aromatic nitrogens is 4. The normalized spacial score (nSPS) is 29.8. The molecule has 0 spiro atoms. The van der Waals surface area contributed by atoms with E-state index in [2.05, 4.69) is 25.4 Å². The topological polar surface area (TPSA) is 79.6 Å². The molecule has 4 rings (SSSR count). The van der Waals surface area contributed by atoms with Crippen molar-refractivity contribution in [3.05, 3.63) is 18.3 Å². The van der Waals surface area contributed by atoms with Crippen LogP contribution < -0.4 is 5.32 Å². The Hall–Kier alpha value is -1.69. The molecule has 0 amide bonds. The Morgan fingerprint density at radius 1 is 1.26 bits per heavy atom. The van der Waals surface area contributed by atoms with Crippen molar-refractivity contribution in [1.29, 1.82) is 0 Å². The molecule has 2 aromatic rings. The molecule has 2 bridgehead atoms. The fourth-order valence-electron chi connectivity index (χ4n) is 3.41. The Morgan fingerprint density at radius 2 is 2.11 bits per heavy atom. The average molecular weight is 259 g/mol. The summed E-state index contributed by atoms with van der Waals surface area (Å²) in [6.07, 6.45) is 9.45. The van der Waals surface area contributed by atoms with E-state index >= 15 is 0 Å². The molecule has 2 atom stereocenters. The molecule has 0 radical (unpaired) electrons. The van der Waals surface area contributed by atoms with Crippen molar-refractivity contribution in [2.45, 2.75) is 44.2 Å². The van der Waals surface area contributed by atoms with Gasteiger partial charge in [0, 0.05) is 30.9 Å². The van der Waals surface area contributed by atoms with E-state index in [9.17, 15) is 0 Å². The maximum absolute atomic E-state index is 5.34. The first-order valence-electron chi connectivity index (χ1n) is 6.95. The number of imidazole rings is 1. The van der Waals surface area contributed by atoms with E-state index in [1.54, 1.807) is 12.4 Å². The van der Waals surface area contributed by atoms with Gasteiger partial charge in [0.2, 0.25) is 11.7 Å². The number of piperidine rings is 1. The van der Waals surface area contributed by atoms with Gasteiger partial charge in [0.1, 0.15) is 0 Å². The second-order valence-corrected chi connectivity index (χ2v) is 5.63. The van der Waals surface area contributed by atoms with E-state index in [-0.39, 0.29) is 0 Å². The summed E-state index contributed by atoms with van der Waals surface area (Å²) in [5.41, 5.74) is 0. The largest absolute Gasteiger partial charge is 0.342 e. The first-order chi connectivity index (χ1) is 9.37. The summed E-state index contributed by atoms with van der Waals surface area (Å²) in [6.45, 7) is 0. The zero-order valence-corrected chi connectivity index (χ0v) is 10.7. The third kappa shape index (κ3) is 2.16. The molecule has 6 heteroatoms. The SMILES string of the molecule is c1c[nH]c(-c2noc(CC3CC4CCC(C3)N4)n2)n1. The molecule has 0 saturated carbocycles. The van der Waals surface area contributed by atoms with E-state index in [0.29, 0.717) is 29.7 Å². The Bertz CT molecular complexity index is 537. The minimum atomic E-state index is 0.553. The lowest BCUT2D eigenvalue weighted by molar-refractivity contribution is 0.270. The summed E-state index contributed by atoms with van der Waals surface area (Å²) in [6, 6.07) is 1.41. The van der Waals surface area contributed by atoms with Crippen LogP contribution in [0.1, 0.15) is 31.6 Å². The first-order valence-corrected chi connectivity index (χ1v) is 6.95. The number of aromatic amines is 1. The second kappa shape index (κ2) is 4.45. The lowest BCUT2D eigenvalue weighted by Crippen LogP contribution is -2.38. The van der Waals surface area contributed by atoms with E-state index < -0.39 is 0 Å². The Morgan fingerprint density at radius 3 is 2.84 bits per heavy atom. The third-order valence-corrected chi connectivity index (χ3v) is 4.21. The number of H-pyrrole nitrogens is 1. The summed E-state index contributed by atoms with van der Waals surface area (Å²) in [4.78, 5) is 11.5. The smallest absolute Gasteiger partial charge is 0.238 e. The van der Waals surface area contributed by atoms with Gasteiger partial charge >= 0.3 is 0 Å². The third-order valence-electron chi connectivity index (χ3n) is 4.21. The second-order valence-electron chi connectivity index (χ2n) is 5.63. The van der Waals surface area contributed by atoms with Gasteiger partial charge in [-0.25, -0.2) is 4.98 Å². The molecular weight excluding hydrogens is 242 g/mol. The van der Waals surface area contributed by atoms with Gasteiger partial charge in [-0.3, -0.25) is 0 Å². The van der Waals surface area contributed by atoms with Crippen LogP contribution in [-0.2, 0) is 6.42 Å². The maximum Gasteiger partial charge on any atom is 0.238 e. The van der Waals surface area contributed by atoms with Crippen molar-refractivity contribution in [2.24, 2.45) is 5.92 Å². The predicted octanol–water partition coefficient (Wildman–Crippen LogP) is 1.53. The molecule has 2 aliphatic rings. The zero-order valence-electron chi connectivity index (χ0n) is 10.7. The molecule has 2 fully saturated rings. The Balaban J connectivity index is 1.46. The summed E-state index contributed by atoms with van der Waals surface area (Å²) in [5, 5.41) is 7.63. The molecule has 4 heterocycles. The van der Waals surface area contributed by atoms with Crippen LogP contribution >= 0.6 is 0 Å². The number of rotatable bonds is 3. The monoisotopic (exact) mass is 259 g/mol. The van der Waals surface area contributed by atoms with Crippen molar-refractivity contribution in [1.82, 2.24) is 25.4 Å². The quantitative estimate of drug-likeness (QED) is 0.874. The van der Waals surface area contributed by atoms with Crippen LogP contribution in [-0.4, -0.2) is 32.2 Å². The number of hydrogen-bond acceptors (Lipinski definition) is 5. The van der Waals surface area contributed by atoms with Gasteiger partial charge in [-0.2, -0.15) is 4.98 Å². The highest BCUT2D eigenvalue weighted by Crippen LogP contribution is 2.32. The molecule has 100 valence electrons. The van der Waals surface area contributed by atoms with Gasteiger partial charge in [-0.15, -0.1) is 0 Å². The van der Waals surface area contributed by atoms with Gasteiger partial charge in [0.15, 0.2) is 5.82 Å². The minimum absolute atomic E-state index is 0.553. The molecule has 2 aliphatic heterocycles. The lowest BCUT2D eigenvalue weighted by atomic mass is 9.90. The lowest BCUT2D eigenvalue weighted by Gasteiger charge is -2.27. The summed E-state index contributed by atoms with van der Waals surface area (Å²) in [5.74, 6) is 2.62. The van der Waals surface area contributed by atoms with E-state index in [0.717, 1.165) is 12.3 Å². The highest BCUT2D eigenvalue weighted by atomic mass is 16.5. The fraction of sp³-hybridized carbons (Fsp3) is 0.615. The van der Waals surface area contributed by atoms with Crippen molar-refractivity contribution in [3.63, 3.8) is 0 Å². The van der Waals surface area contributed by atoms with Crippen LogP contribution in [0.25, 0.3) is 11.6 Å². The molecule has 19 heavy (non-hydrogen) atoms. The average Bonchev–Trinajstić information content (AvgIpc) is 3.10. The Labute approximate surface area is 111 Å². The molecular formula is C13H17N5O. The van der Waals surface area contributed by atoms with Gasteiger partial charge in [-0.05, 0) is 31.6 Å². The highest BCUT2D eigenvalue weighted by molar-refractivity contribution is 5.40. The Kier molecular flexibility index (Phi) is 2.61. The van der Waals surface area contributed by atoms with Crippen LogP contribution in [0, 0.1) is 5.92 Å². The van der Waals surface area contributed by atoms with Gasteiger partial charge < -0.3 is 14.8 Å². The minimum Gasteiger partial charge on any atom is -0.342 e. The molecule has 2 saturated heterocycles. The molecule has 2 N–H and O–H groups in total. The van der Waals surface area contributed by atoms with Crippen LogP contribution in [0.4, 0.5) is 0 Å². The maximum atomic E-state index is 5.34. The van der Waals surface area contributed by atoms with Crippen molar-refractivity contribution >= 4 is 0 Å². The van der Waals surface area contributed by atoms with E-state index in [1.807, 2.05) is 0 Å². The van der Waals surface area contributed by atoms with Crippen LogP contribution in [0.2, 0.25) is 0 Å². The number of nitrogens with one attached hydrogen (secondary N) is 2. The number of hydrogen-bond donors (Lipinski definition) is 2.